The van der Waals surface area contributed by atoms with E-state index in [1.54, 1.807) is 24.5 Å². The number of benzene rings is 1. The number of nitrogens with zero attached hydrogens (tertiary/aromatic N) is 1. The summed E-state index contributed by atoms with van der Waals surface area (Å²) in [7, 11) is 0. The number of pyridine rings is 1. The lowest BCUT2D eigenvalue weighted by molar-refractivity contribution is 0.103. The molecule has 1 N–H and O–H groups in total. The summed E-state index contributed by atoms with van der Waals surface area (Å²) in [6.07, 6.45) is 3.38. The van der Waals surface area contributed by atoms with Gasteiger partial charge in [0, 0.05) is 37.5 Å². The van der Waals surface area contributed by atoms with Gasteiger partial charge in [-0.05, 0) is 52.9 Å². The number of halogens is 2. The Bertz CT molecular complexity index is 782. The second-order valence-corrected chi connectivity index (χ2v) is 5.65. The van der Waals surface area contributed by atoms with Gasteiger partial charge < -0.3 is 4.98 Å². The standard InChI is InChI=1S/C14H8ClIN2O/c15-8-3-4-12(16)10(6-8)13(19)11-7-18-14-9(11)2-1-5-17-14/h1-7H,(H,17,18). The number of carbonyl (C=O) groups excluding carboxylic acids is 1. The summed E-state index contributed by atoms with van der Waals surface area (Å²) in [5, 5.41) is 1.38. The van der Waals surface area contributed by atoms with Gasteiger partial charge >= 0.3 is 0 Å². The molecule has 0 aliphatic carbocycles. The van der Waals surface area contributed by atoms with Crippen molar-refractivity contribution in [2.24, 2.45) is 0 Å². The molecule has 0 aliphatic rings. The molecule has 0 saturated carbocycles. The van der Waals surface area contributed by atoms with Gasteiger partial charge in [-0.3, -0.25) is 4.79 Å². The highest BCUT2D eigenvalue weighted by atomic mass is 127. The molecule has 0 bridgehead atoms. The molecule has 3 nitrogen and oxygen atoms in total. The van der Waals surface area contributed by atoms with E-state index in [4.69, 9.17) is 11.6 Å². The first kappa shape index (κ1) is 12.6. The third-order valence-electron chi connectivity index (χ3n) is 2.87. The molecule has 0 atom stereocenters. The summed E-state index contributed by atoms with van der Waals surface area (Å²) in [5.74, 6) is -0.0499. The molecule has 1 aromatic carbocycles. The minimum Gasteiger partial charge on any atom is -0.345 e. The van der Waals surface area contributed by atoms with Crippen LogP contribution >= 0.6 is 34.2 Å². The number of aromatic amines is 1. The largest absolute Gasteiger partial charge is 0.345 e. The van der Waals surface area contributed by atoms with Gasteiger partial charge in [0.15, 0.2) is 5.78 Å². The number of carbonyl (C=O) groups is 1. The van der Waals surface area contributed by atoms with Gasteiger partial charge in [0.25, 0.3) is 0 Å². The molecule has 19 heavy (non-hydrogen) atoms. The minimum atomic E-state index is -0.0499. The van der Waals surface area contributed by atoms with Crippen molar-refractivity contribution in [1.29, 1.82) is 0 Å². The second-order valence-electron chi connectivity index (χ2n) is 4.06. The van der Waals surface area contributed by atoms with Crippen LogP contribution in [0.4, 0.5) is 0 Å². The topological polar surface area (TPSA) is 45.8 Å². The second kappa shape index (κ2) is 4.94. The fourth-order valence-electron chi connectivity index (χ4n) is 1.96. The molecule has 0 radical (unpaired) electrons. The first-order valence-corrected chi connectivity index (χ1v) is 7.04. The van der Waals surface area contributed by atoms with Crippen molar-refractivity contribution in [3.05, 3.63) is 62.4 Å². The van der Waals surface area contributed by atoms with Crippen molar-refractivity contribution in [1.82, 2.24) is 9.97 Å². The van der Waals surface area contributed by atoms with Gasteiger partial charge in [-0.1, -0.05) is 11.6 Å². The van der Waals surface area contributed by atoms with E-state index < -0.39 is 0 Å². The molecular weight excluding hydrogens is 375 g/mol. The van der Waals surface area contributed by atoms with Crippen LogP contribution in [-0.4, -0.2) is 15.8 Å². The number of hydrogen-bond acceptors (Lipinski definition) is 2. The maximum absolute atomic E-state index is 12.6. The zero-order valence-electron chi connectivity index (χ0n) is 9.65. The molecule has 0 fully saturated rings. The van der Waals surface area contributed by atoms with E-state index in [0.717, 1.165) is 8.96 Å². The van der Waals surface area contributed by atoms with E-state index in [1.807, 2.05) is 18.2 Å². The number of nitrogens with one attached hydrogen (secondary N) is 1. The highest BCUT2D eigenvalue weighted by Crippen LogP contribution is 2.24. The Labute approximate surface area is 128 Å². The molecule has 3 aromatic rings. The van der Waals surface area contributed by atoms with E-state index >= 15 is 0 Å². The lowest BCUT2D eigenvalue weighted by Crippen LogP contribution is -2.03. The predicted octanol–water partition coefficient (Wildman–Crippen LogP) is 4.05. The summed E-state index contributed by atoms with van der Waals surface area (Å²) >= 11 is 8.10. The van der Waals surface area contributed by atoms with Gasteiger partial charge in [0.1, 0.15) is 5.65 Å². The van der Waals surface area contributed by atoms with E-state index in [1.165, 1.54) is 0 Å². The van der Waals surface area contributed by atoms with Crippen molar-refractivity contribution in [3.8, 4) is 0 Å². The summed E-state index contributed by atoms with van der Waals surface area (Å²) in [5.41, 5.74) is 1.93. The SMILES string of the molecule is O=C(c1cc(Cl)ccc1I)c1c[nH]c2ncccc12. The molecule has 0 aliphatic heterocycles. The van der Waals surface area contributed by atoms with Crippen molar-refractivity contribution >= 4 is 51.0 Å². The monoisotopic (exact) mass is 382 g/mol. The van der Waals surface area contributed by atoms with Gasteiger partial charge in [-0.2, -0.15) is 0 Å². The van der Waals surface area contributed by atoms with Crippen LogP contribution in [0.3, 0.4) is 0 Å². The molecule has 2 aromatic heterocycles. The van der Waals surface area contributed by atoms with E-state index in [-0.39, 0.29) is 5.78 Å². The van der Waals surface area contributed by atoms with Crippen molar-refractivity contribution < 1.29 is 4.79 Å². The molecule has 0 spiro atoms. The van der Waals surface area contributed by atoms with Crippen molar-refractivity contribution in [2.75, 3.05) is 0 Å². The summed E-state index contributed by atoms with van der Waals surface area (Å²) in [4.78, 5) is 19.8. The number of ketones is 1. The highest BCUT2D eigenvalue weighted by Gasteiger charge is 2.17. The van der Waals surface area contributed by atoms with Crippen molar-refractivity contribution in [2.45, 2.75) is 0 Å². The predicted molar refractivity (Wildman–Crippen MR) is 83.7 cm³/mol. The minimum absolute atomic E-state index is 0.0499. The molecule has 0 saturated heterocycles. The normalized spacial score (nSPS) is 10.8. The highest BCUT2D eigenvalue weighted by molar-refractivity contribution is 14.1. The average molecular weight is 383 g/mol. The summed E-state index contributed by atoms with van der Waals surface area (Å²) in [6, 6.07) is 9.00. The molecule has 3 rings (SSSR count). The van der Waals surface area contributed by atoms with E-state index in [2.05, 4.69) is 32.6 Å². The Morgan fingerprint density at radius 3 is 2.95 bits per heavy atom. The van der Waals surface area contributed by atoms with Crippen LogP contribution in [0.1, 0.15) is 15.9 Å². The van der Waals surface area contributed by atoms with Crippen LogP contribution in [0, 0.1) is 3.57 Å². The van der Waals surface area contributed by atoms with E-state index in [9.17, 15) is 4.79 Å². The van der Waals surface area contributed by atoms with Gasteiger partial charge in [0.05, 0.1) is 0 Å². The number of aromatic nitrogens is 2. The number of H-pyrrole nitrogens is 1. The molecule has 0 amide bonds. The Kier molecular flexibility index (Phi) is 3.28. The van der Waals surface area contributed by atoms with Crippen LogP contribution in [0.2, 0.25) is 5.02 Å². The average Bonchev–Trinajstić information content (AvgIpc) is 2.84. The molecule has 94 valence electrons. The summed E-state index contributed by atoms with van der Waals surface area (Å²) in [6.45, 7) is 0. The summed E-state index contributed by atoms with van der Waals surface area (Å²) < 4.78 is 0.880. The van der Waals surface area contributed by atoms with Crippen LogP contribution in [0.15, 0.2) is 42.7 Å². The number of rotatable bonds is 2. The Morgan fingerprint density at radius 1 is 1.26 bits per heavy atom. The fraction of sp³-hybridized carbons (Fsp3) is 0. The van der Waals surface area contributed by atoms with E-state index in [0.29, 0.717) is 21.8 Å². The van der Waals surface area contributed by atoms with Gasteiger partial charge in [-0.25, -0.2) is 4.98 Å². The Balaban J connectivity index is 2.16. The fourth-order valence-corrected chi connectivity index (χ4v) is 2.71. The maximum Gasteiger partial charge on any atom is 0.196 e. The quantitative estimate of drug-likeness (QED) is 0.537. The number of hydrogen-bond donors (Lipinski definition) is 1. The lowest BCUT2D eigenvalue weighted by Gasteiger charge is -2.03. The van der Waals surface area contributed by atoms with Crippen molar-refractivity contribution in [3.63, 3.8) is 0 Å². The zero-order valence-corrected chi connectivity index (χ0v) is 12.6. The molecule has 5 heteroatoms. The van der Waals surface area contributed by atoms with Crippen LogP contribution in [0.25, 0.3) is 11.0 Å². The van der Waals surface area contributed by atoms with Crippen LogP contribution in [-0.2, 0) is 0 Å². The third-order valence-corrected chi connectivity index (χ3v) is 4.04. The van der Waals surface area contributed by atoms with Crippen LogP contribution < -0.4 is 0 Å². The first-order valence-electron chi connectivity index (χ1n) is 5.58. The van der Waals surface area contributed by atoms with Crippen LogP contribution in [0.5, 0.6) is 0 Å². The zero-order chi connectivity index (χ0) is 13.4. The molecule has 2 heterocycles. The lowest BCUT2D eigenvalue weighted by atomic mass is 10.0. The Morgan fingerprint density at radius 2 is 2.11 bits per heavy atom. The number of fused-ring (bicyclic) bond motifs is 1. The Hall–Kier alpha value is -1.40. The third kappa shape index (κ3) is 2.26. The van der Waals surface area contributed by atoms with Gasteiger partial charge in [0.2, 0.25) is 0 Å². The first-order chi connectivity index (χ1) is 9.16. The molecule has 0 unspecified atom stereocenters. The smallest absolute Gasteiger partial charge is 0.196 e. The maximum atomic E-state index is 12.6. The molecular formula is C14H8ClIN2O. The van der Waals surface area contributed by atoms with Gasteiger partial charge in [-0.15, -0.1) is 0 Å².